The third kappa shape index (κ3) is 6.10. The van der Waals surface area contributed by atoms with E-state index in [4.69, 9.17) is 27.9 Å². The largest absolute Gasteiger partial charge is 0.492 e. The summed E-state index contributed by atoms with van der Waals surface area (Å²) in [5, 5.41) is 3.35. The monoisotopic (exact) mass is 536 g/mol. The molecular weight excluding hydrogens is 511 g/mol. The zero-order valence-corrected chi connectivity index (χ0v) is 21.5. The fraction of sp³-hybridized carbons (Fsp3) is 0.259. The highest BCUT2D eigenvalue weighted by Crippen LogP contribution is 2.35. The molecule has 0 radical (unpaired) electrons. The highest BCUT2D eigenvalue weighted by atomic mass is 35.5. The third-order valence-corrected chi connectivity index (χ3v) is 6.91. The summed E-state index contributed by atoms with van der Waals surface area (Å²) in [7, 11) is 0. The first-order valence-electron chi connectivity index (χ1n) is 12.0. The molecule has 1 aliphatic rings. The van der Waals surface area contributed by atoms with Crippen LogP contribution in [0.2, 0.25) is 10.0 Å². The van der Waals surface area contributed by atoms with Gasteiger partial charge in [-0.15, -0.1) is 0 Å². The Hall–Kier alpha value is -3.46. The Bertz CT molecular complexity index is 1340. The standard InChI is InChI=1S/C27H26Cl2N6O2/c28-21-14-30-15-22(29)25(21)27(36)33-12-18-3-1-4-19(11-18)16-35(9-6-20-13-31-17-34-20)23-7-10-37-24-5-2-8-32-26(23)24/h1-5,8,11,13-15,17,23H,6-7,9-10,12,16H2,(H,31,34)(H,33,36). The maximum absolute atomic E-state index is 12.7. The molecule has 5 rings (SSSR count). The fourth-order valence-corrected chi connectivity index (χ4v) is 5.09. The topological polar surface area (TPSA) is 96.0 Å². The molecule has 1 atom stereocenters. The SMILES string of the molecule is O=C(NCc1cccc(CN(CCc2cnc[nH]2)C2CCOc3cccnc32)c1)c1c(Cl)cncc1Cl. The number of fused-ring (bicyclic) bond motifs is 1. The molecule has 190 valence electrons. The number of nitrogens with zero attached hydrogens (tertiary/aromatic N) is 4. The number of benzene rings is 1. The zero-order valence-electron chi connectivity index (χ0n) is 20.0. The van der Waals surface area contributed by atoms with Crippen molar-refractivity contribution < 1.29 is 9.53 Å². The summed E-state index contributed by atoms with van der Waals surface area (Å²) < 4.78 is 5.86. The molecule has 10 heteroatoms. The average molecular weight is 537 g/mol. The molecule has 0 saturated heterocycles. The summed E-state index contributed by atoms with van der Waals surface area (Å²) in [6.07, 6.45) is 9.89. The van der Waals surface area contributed by atoms with E-state index in [1.54, 1.807) is 6.33 Å². The zero-order chi connectivity index (χ0) is 25.6. The van der Waals surface area contributed by atoms with Gasteiger partial charge in [0.1, 0.15) is 5.75 Å². The third-order valence-electron chi connectivity index (χ3n) is 6.34. The van der Waals surface area contributed by atoms with Gasteiger partial charge in [0, 0.05) is 63.0 Å². The van der Waals surface area contributed by atoms with Gasteiger partial charge in [-0.3, -0.25) is 19.7 Å². The second kappa shape index (κ2) is 11.7. The molecule has 4 aromatic rings. The van der Waals surface area contributed by atoms with Crippen molar-refractivity contribution in [1.82, 2.24) is 30.2 Å². The molecule has 1 aromatic carbocycles. The number of rotatable bonds is 9. The lowest BCUT2D eigenvalue weighted by atomic mass is 10.0. The predicted molar refractivity (Wildman–Crippen MR) is 142 cm³/mol. The number of imidazole rings is 1. The highest BCUT2D eigenvalue weighted by molar-refractivity contribution is 6.39. The van der Waals surface area contributed by atoms with E-state index in [9.17, 15) is 4.79 Å². The second-order valence-corrected chi connectivity index (χ2v) is 9.63. The molecule has 0 spiro atoms. The lowest BCUT2D eigenvalue weighted by Gasteiger charge is -2.35. The van der Waals surface area contributed by atoms with E-state index >= 15 is 0 Å². The average Bonchev–Trinajstić information content (AvgIpc) is 3.43. The summed E-state index contributed by atoms with van der Waals surface area (Å²) in [5.74, 6) is 0.504. The van der Waals surface area contributed by atoms with E-state index in [1.165, 1.54) is 12.4 Å². The van der Waals surface area contributed by atoms with Gasteiger partial charge in [0.2, 0.25) is 0 Å². The van der Waals surface area contributed by atoms with Crippen molar-refractivity contribution in [2.24, 2.45) is 0 Å². The number of carbonyl (C=O) groups excluding carboxylic acids is 1. The molecule has 0 saturated carbocycles. The van der Waals surface area contributed by atoms with Crippen molar-refractivity contribution in [2.45, 2.75) is 32.0 Å². The summed E-state index contributed by atoms with van der Waals surface area (Å²) in [6, 6.07) is 12.2. The lowest BCUT2D eigenvalue weighted by Crippen LogP contribution is -2.34. The molecular formula is C27H26Cl2N6O2. The fourth-order valence-electron chi connectivity index (χ4n) is 4.55. The molecule has 4 heterocycles. The molecule has 0 bridgehead atoms. The first-order valence-corrected chi connectivity index (χ1v) is 12.8. The van der Waals surface area contributed by atoms with Crippen molar-refractivity contribution in [3.8, 4) is 5.75 Å². The number of ether oxygens (including phenoxy) is 1. The molecule has 8 nitrogen and oxygen atoms in total. The molecule has 37 heavy (non-hydrogen) atoms. The minimum absolute atomic E-state index is 0.132. The van der Waals surface area contributed by atoms with Crippen molar-refractivity contribution >= 4 is 29.1 Å². The van der Waals surface area contributed by atoms with Crippen LogP contribution in [-0.4, -0.2) is 43.9 Å². The number of pyridine rings is 2. The Kier molecular flexibility index (Phi) is 7.99. The minimum atomic E-state index is -0.339. The number of aromatic amines is 1. The molecule has 1 amide bonds. The molecule has 1 unspecified atom stereocenters. The van der Waals surface area contributed by atoms with Crippen molar-refractivity contribution in [2.75, 3.05) is 13.2 Å². The lowest BCUT2D eigenvalue weighted by molar-refractivity contribution is 0.0951. The minimum Gasteiger partial charge on any atom is -0.492 e. The normalized spacial score (nSPS) is 14.7. The molecule has 0 fully saturated rings. The first kappa shape index (κ1) is 25.2. The maximum atomic E-state index is 12.7. The maximum Gasteiger partial charge on any atom is 0.254 e. The number of carbonyl (C=O) groups is 1. The van der Waals surface area contributed by atoms with Gasteiger partial charge in [-0.05, 0) is 23.3 Å². The van der Waals surface area contributed by atoms with Gasteiger partial charge >= 0.3 is 0 Å². The van der Waals surface area contributed by atoms with Crippen LogP contribution in [0.4, 0.5) is 0 Å². The quantitative estimate of drug-likeness (QED) is 0.312. The van der Waals surface area contributed by atoms with Crippen LogP contribution in [0.3, 0.4) is 0 Å². The summed E-state index contributed by atoms with van der Waals surface area (Å²) in [5.41, 5.74) is 4.40. The van der Waals surface area contributed by atoms with Gasteiger partial charge < -0.3 is 15.0 Å². The molecule has 1 aliphatic heterocycles. The van der Waals surface area contributed by atoms with Gasteiger partial charge in [0.05, 0.1) is 40.3 Å². The summed E-state index contributed by atoms with van der Waals surface area (Å²) in [6.45, 7) is 2.54. The number of hydrogen-bond acceptors (Lipinski definition) is 6. The van der Waals surface area contributed by atoms with Gasteiger partial charge in [-0.1, -0.05) is 47.5 Å². The van der Waals surface area contributed by atoms with Gasteiger partial charge in [0.25, 0.3) is 5.91 Å². The highest BCUT2D eigenvalue weighted by Gasteiger charge is 2.28. The van der Waals surface area contributed by atoms with Crippen molar-refractivity contribution in [1.29, 1.82) is 0 Å². The van der Waals surface area contributed by atoms with Crippen LogP contribution in [0.5, 0.6) is 5.75 Å². The van der Waals surface area contributed by atoms with Crippen LogP contribution in [-0.2, 0) is 19.5 Å². The van der Waals surface area contributed by atoms with Crippen LogP contribution < -0.4 is 10.1 Å². The summed E-state index contributed by atoms with van der Waals surface area (Å²) >= 11 is 12.3. The van der Waals surface area contributed by atoms with E-state index in [0.717, 1.165) is 54.2 Å². The molecule has 3 aromatic heterocycles. The van der Waals surface area contributed by atoms with E-state index in [-0.39, 0.29) is 27.6 Å². The van der Waals surface area contributed by atoms with Crippen LogP contribution in [0.25, 0.3) is 0 Å². The number of halogens is 2. The van der Waals surface area contributed by atoms with Crippen molar-refractivity contribution in [3.63, 3.8) is 0 Å². The predicted octanol–water partition coefficient (Wildman–Crippen LogP) is 5.01. The Morgan fingerprint density at radius 3 is 2.76 bits per heavy atom. The van der Waals surface area contributed by atoms with Crippen LogP contribution in [0.15, 0.2) is 67.5 Å². The Morgan fingerprint density at radius 2 is 1.95 bits per heavy atom. The second-order valence-electron chi connectivity index (χ2n) is 8.82. The number of H-pyrrole nitrogens is 1. The summed E-state index contributed by atoms with van der Waals surface area (Å²) in [4.78, 5) is 31.0. The molecule has 2 N–H and O–H groups in total. The van der Waals surface area contributed by atoms with E-state index in [0.29, 0.717) is 13.2 Å². The Balaban J connectivity index is 1.32. The number of nitrogens with one attached hydrogen (secondary N) is 2. The Labute approximate surface area is 225 Å². The van der Waals surface area contributed by atoms with Gasteiger partial charge in [-0.2, -0.15) is 0 Å². The smallest absolute Gasteiger partial charge is 0.254 e. The van der Waals surface area contributed by atoms with Crippen LogP contribution in [0, 0.1) is 0 Å². The first-order chi connectivity index (χ1) is 18.1. The van der Waals surface area contributed by atoms with E-state index in [1.807, 2.05) is 36.7 Å². The van der Waals surface area contributed by atoms with Crippen molar-refractivity contribution in [3.05, 3.63) is 106 Å². The number of aromatic nitrogens is 4. The Morgan fingerprint density at radius 1 is 1.11 bits per heavy atom. The van der Waals surface area contributed by atoms with Crippen LogP contribution in [0.1, 0.15) is 45.3 Å². The number of hydrogen-bond donors (Lipinski definition) is 2. The van der Waals surface area contributed by atoms with E-state index < -0.39 is 0 Å². The van der Waals surface area contributed by atoms with Crippen LogP contribution >= 0.6 is 23.2 Å². The van der Waals surface area contributed by atoms with E-state index in [2.05, 4.69) is 42.3 Å². The number of amides is 1. The van der Waals surface area contributed by atoms with Gasteiger partial charge in [-0.25, -0.2) is 4.98 Å². The van der Waals surface area contributed by atoms with Gasteiger partial charge in [0.15, 0.2) is 0 Å². The molecule has 0 aliphatic carbocycles.